The standard InChI is InChI=1S/C31H31N5O5S/c1-21(2)29-20-23(19-24(30(29)37)18-22-6-4-3-5-7-22)16-17-33-31(38)34-25-8-10-26(11-9-25)41-27-12-14-28(15-13-27)42(39,40)36-35-32/h3-15,19-21,37H,16-18H2,1-2H3,(H2,33,34,38). The van der Waals surface area contributed by atoms with E-state index in [-0.39, 0.29) is 16.8 Å². The molecule has 0 atom stereocenters. The summed E-state index contributed by atoms with van der Waals surface area (Å²) in [6, 6.07) is 25.8. The highest BCUT2D eigenvalue weighted by Crippen LogP contribution is 2.32. The minimum atomic E-state index is -4.06. The first-order valence-electron chi connectivity index (χ1n) is 13.3. The quantitative estimate of drug-likeness (QED) is 0.0960. The first-order chi connectivity index (χ1) is 20.1. The van der Waals surface area contributed by atoms with Gasteiger partial charge >= 0.3 is 6.03 Å². The first-order valence-corrected chi connectivity index (χ1v) is 14.7. The van der Waals surface area contributed by atoms with Crippen molar-refractivity contribution < 1.29 is 23.1 Å². The van der Waals surface area contributed by atoms with Gasteiger partial charge < -0.3 is 20.5 Å². The van der Waals surface area contributed by atoms with E-state index < -0.39 is 10.0 Å². The van der Waals surface area contributed by atoms with E-state index in [1.165, 1.54) is 24.3 Å². The second kappa shape index (κ2) is 13.6. The SMILES string of the molecule is CC(C)c1cc(CCNC(=O)Nc2ccc(Oc3ccc(S(=O)(=O)N=[N+]=[N-])cc3)cc2)cc(Cc2ccccc2)c1O. The maximum absolute atomic E-state index is 12.5. The number of rotatable bonds is 11. The van der Waals surface area contributed by atoms with Gasteiger partial charge in [0.15, 0.2) is 0 Å². The van der Waals surface area contributed by atoms with Crippen LogP contribution in [0.15, 0.2) is 100 Å². The minimum Gasteiger partial charge on any atom is -0.507 e. The summed E-state index contributed by atoms with van der Waals surface area (Å²) < 4.78 is 32.1. The molecule has 0 aromatic heterocycles. The number of anilines is 1. The van der Waals surface area contributed by atoms with E-state index in [1.807, 2.05) is 56.3 Å². The summed E-state index contributed by atoms with van der Waals surface area (Å²) in [5.74, 6) is 1.34. The molecule has 0 spiro atoms. The molecule has 216 valence electrons. The fourth-order valence-corrected chi connectivity index (χ4v) is 5.01. The van der Waals surface area contributed by atoms with Crippen LogP contribution in [-0.2, 0) is 22.9 Å². The molecule has 4 rings (SSSR count). The van der Waals surface area contributed by atoms with E-state index in [0.29, 0.717) is 42.3 Å². The Balaban J connectivity index is 1.31. The van der Waals surface area contributed by atoms with Crippen LogP contribution in [0.1, 0.15) is 42.0 Å². The lowest BCUT2D eigenvalue weighted by molar-refractivity contribution is 0.252. The molecule has 0 aliphatic heterocycles. The fourth-order valence-electron chi connectivity index (χ4n) is 4.34. The molecule has 0 saturated heterocycles. The number of carbonyl (C=O) groups is 1. The van der Waals surface area contributed by atoms with Crippen LogP contribution >= 0.6 is 0 Å². The molecule has 3 N–H and O–H groups in total. The zero-order chi connectivity index (χ0) is 30.1. The molecule has 0 saturated carbocycles. The number of ether oxygens (including phenoxy) is 1. The van der Waals surface area contributed by atoms with Crippen LogP contribution in [0.25, 0.3) is 10.4 Å². The molecule has 0 aliphatic rings. The Morgan fingerprint density at radius 2 is 1.60 bits per heavy atom. The van der Waals surface area contributed by atoms with Crippen LogP contribution in [0, 0.1) is 0 Å². The average molecular weight is 586 g/mol. The van der Waals surface area contributed by atoms with E-state index in [1.54, 1.807) is 24.3 Å². The predicted octanol–water partition coefficient (Wildman–Crippen LogP) is 7.26. The number of hydrogen-bond acceptors (Lipinski definition) is 5. The average Bonchev–Trinajstić information content (AvgIpc) is 2.96. The summed E-state index contributed by atoms with van der Waals surface area (Å²) >= 11 is 0. The largest absolute Gasteiger partial charge is 0.507 e. The Kier molecular flexibility index (Phi) is 9.69. The van der Waals surface area contributed by atoms with Crippen molar-refractivity contribution in [2.75, 3.05) is 11.9 Å². The van der Waals surface area contributed by atoms with Crippen LogP contribution in [0.2, 0.25) is 0 Å². The normalized spacial score (nSPS) is 11.0. The number of phenols is 1. The third-order valence-electron chi connectivity index (χ3n) is 6.45. The van der Waals surface area contributed by atoms with Crippen molar-refractivity contribution in [1.82, 2.24) is 5.32 Å². The van der Waals surface area contributed by atoms with Crippen LogP contribution in [-0.4, -0.2) is 26.1 Å². The maximum atomic E-state index is 12.5. The number of nitrogens with one attached hydrogen (secondary N) is 2. The van der Waals surface area contributed by atoms with Crippen molar-refractivity contribution in [3.05, 3.63) is 124 Å². The Labute approximate surface area is 244 Å². The topological polar surface area (TPSA) is 153 Å². The third-order valence-corrected chi connectivity index (χ3v) is 7.61. The zero-order valence-electron chi connectivity index (χ0n) is 23.2. The van der Waals surface area contributed by atoms with Crippen molar-refractivity contribution in [2.24, 2.45) is 4.52 Å². The molecule has 0 heterocycles. The summed E-state index contributed by atoms with van der Waals surface area (Å²) in [4.78, 5) is 14.7. The van der Waals surface area contributed by atoms with Gasteiger partial charge in [0.25, 0.3) is 10.0 Å². The zero-order valence-corrected chi connectivity index (χ0v) is 24.0. The Hall–Kier alpha value is -4.99. The summed E-state index contributed by atoms with van der Waals surface area (Å²) in [6.45, 7) is 4.50. The molecule has 4 aromatic rings. The Morgan fingerprint density at radius 3 is 2.21 bits per heavy atom. The molecular weight excluding hydrogens is 554 g/mol. The highest BCUT2D eigenvalue weighted by Gasteiger charge is 2.14. The van der Waals surface area contributed by atoms with Crippen molar-refractivity contribution in [3.63, 3.8) is 0 Å². The molecule has 42 heavy (non-hydrogen) atoms. The van der Waals surface area contributed by atoms with Gasteiger partial charge in [-0.05, 0) is 88.7 Å². The highest BCUT2D eigenvalue weighted by molar-refractivity contribution is 7.90. The van der Waals surface area contributed by atoms with Gasteiger partial charge in [-0.1, -0.05) is 56.3 Å². The van der Waals surface area contributed by atoms with Gasteiger partial charge in [0.1, 0.15) is 17.2 Å². The smallest absolute Gasteiger partial charge is 0.319 e. The van der Waals surface area contributed by atoms with E-state index in [2.05, 4.69) is 20.1 Å². The second-order valence-electron chi connectivity index (χ2n) is 9.88. The molecule has 0 radical (unpaired) electrons. The molecule has 0 aliphatic carbocycles. The third kappa shape index (κ3) is 8.03. The van der Waals surface area contributed by atoms with Gasteiger partial charge in [-0.2, -0.15) is 0 Å². The lowest BCUT2D eigenvalue weighted by Crippen LogP contribution is -2.30. The van der Waals surface area contributed by atoms with Crippen LogP contribution in [0.4, 0.5) is 10.5 Å². The molecule has 2 amide bonds. The predicted molar refractivity (Wildman–Crippen MR) is 161 cm³/mol. The lowest BCUT2D eigenvalue weighted by atomic mass is 9.92. The van der Waals surface area contributed by atoms with Gasteiger partial charge in [-0.3, -0.25) is 0 Å². The highest BCUT2D eigenvalue weighted by atomic mass is 32.2. The number of aromatic hydroxyl groups is 1. The maximum Gasteiger partial charge on any atom is 0.319 e. The number of urea groups is 1. The van der Waals surface area contributed by atoms with Crippen LogP contribution in [0.3, 0.4) is 0 Å². The Morgan fingerprint density at radius 1 is 0.952 bits per heavy atom. The summed E-state index contributed by atoms with van der Waals surface area (Å²) in [5, 5.41) is 16.5. The molecule has 0 bridgehead atoms. The molecule has 10 nitrogen and oxygen atoms in total. The number of nitrogens with zero attached hydrogens (tertiary/aromatic N) is 3. The van der Waals surface area contributed by atoms with E-state index >= 15 is 0 Å². The van der Waals surface area contributed by atoms with Gasteiger partial charge in [-0.15, -0.1) is 0 Å². The number of hydrogen-bond donors (Lipinski definition) is 3. The van der Waals surface area contributed by atoms with Crippen LogP contribution in [0.5, 0.6) is 17.2 Å². The summed E-state index contributed by atoms with van der Waals surface area (Å²) in [7, 11) is -4.06. The molecule has 11 heteroatoms. The van der Waals surface area contributed by atoms with Crippen molar-refractivity contribution >= 4 is 21.7 Å². The van der Waals surface area contributed by atoms with Gasteiger partial charge in [0.2, 0.25) is 0 Å². The summed E-state index contributed by atoms with van der Waals surface area (Å²) in [6.07, 6.45) is 1.23. The summed E-state index contributed by atoms with van der Waals surface area (Å²) in [5.41, 5.74) is 12.8. The number of azide groups is 1. The van der Waals surface area contributed by atoms with Crippen LogP contribution < -0.4 is 15.4 Å². The number of amides is 2. The number of phenolic OH excluding ortho intramolecular Hbond substituents is 1. The number of sulfonamides is 1. The van der Waals surface area contributed by atoms with Crippen molar-refractivity contribution in [3.8, 4) is 17.2 Å². The van der Waals surface area contributed by atoms with Gasteiger partial charge in [0, 0.05) is 28.1 Å². The van der Waals surface area contributed by atoms with Gasteiger partial charge in [-0.25, -0.2) is 13.2 Å². The Bertz CT molecular complexity index is 1680. The minimum absolute atomic E-state index is 0.142. The number of benzene rings is 4. The lowest BCUT2D eigenvalue weighted by Gasteiger charge is -2.16. The molecule has 0 fully saturated rings. The molecule has 4 aromatic carbocycles. The van der Waals surface area contributed by atoms with Crippen molar-refractivity contribution in [2.45, 2.75) is 37.5 Å². The second-order valence-corrected chi connectivity index (χ2v) is 11.5. The van der Waals surface area contributed by atoms with Crippen molar-refractivity contribution in [1.29, 1.82) is 0 Å². The first kappa shape index (κ1) is 30.0. The van der Waals surface area contributed by atoms with E-state index in [9.17, 15) is 18.3 Å². The molecule has 0 unspecified atom stereocenters. The number of carbonyl (C=O) groups excluding carboxylic acids is 1. The van der Waals surface area contributed by atoms with E-state index in [4.69, 9.17) is 10.3 Å². The monoisotopic (exact) mass is 585 g/mol. The fraction of sp³-hybridized carbons (Fsp3) is 0.194. The molecular formula is C31H31N5O5S. The van der Waals surface area contributed by atoms with E-state index in [0.717, 1.165) is 22.3 Å². The van der Waals surface area contributed by atoms with Gasteiger partial charge in [0.05, 0.1) is 4.90 Å².